The lowest BCUT2D eigenvalue weighted by molar-refractivity contribution is -0.122. The molecular weight excluding hydrogens is 689 g/mol. The summed E-state index contributed by atoms with van der Waals surface area (Å²) in [5, 5.41) is 18.4. The third-order valence-corrected chi connectivity index (χ3v) is 10.1. The van der Waals surface area contributed by atoms with Crippen LogP contribution in [0.1, 0.15) is 85.0 Å². The monoisotopic (exact) mass is 730 g/mol. The summed E-state index contributed by atoms with van der Waals surface area (Å²) in [4.78, 5) is 24.5. The Labute approximate surface area is 312 Å². The number of alkyl halides is 2. The molecule has 2 aromatic heterocycles. The fraction of sp³-hybridized carbons (Fsp3) is 0.267. The van der Waals surface area contributed by atoms with Gasteiger partial charge in [-0.25, -0.2) is 17.6 Å². The summed E-state index contributed by atoms with van der Waals surface area (Å²) >= 11 is 0. The van der Waals surface area contributed by atoms with E-state index in [4.69, 9.17) is 20.8 Å². The minimum absolute atomic E-state index is 0.254. The van der Waals surface area contributed by atoms with Gasteiger partial charge in [-0.1, -0.05) is 63.1 Å². The molecule has 0 aliphatic heterocycles. The van der Waals surface area contributed by atoms with Crippen molar-refractivity contribution in [1.29, 1.82) is 10.8 Å². The van der Waals surface area contributed by atoms with Crippen LogP contribution in [0.15, 0.2) is 84.9 Å². The van der Waals surface area contributed by atoms with Gasteiger partial charge >= 0.3 is 0 Å². The van der Waals surface area contributed by atoms with Crippen molar-refractivity contribution < 1.29 is 22.4 Å². The van der Waals surface area contributed by atoms with Gasteiger partial charge in [-0.2, -0.15) is 0 Å². The molecule has 2 N–H and O–H groups in total. The lowest BCUT2D eigenvalue weighted by atomic mass is 9.77. The maximum atomic E-state index is 15.7. The number of aryl methyl sites for hydroxylation is 2. The van der Waals surface area contributed by atoms with Crippen LogP contribution < -0.4 is 0 Å². The Morgan fingerprint density at radius 3 is 1.31 bits per heavy atom. The number of nitrogens with zero attached hydrogens (tertiary/aromatic N) is 2. The average Bonchev–Trinajstić information content (AvgIpc) is 3.16. The van der Waals surface area contributed by atoms with Crippen LogP contribution in [0.2, 0.25) is 0 Å². The van der Waals surface area contributed by atoms with Crippen LogP contribution >= 0.6 is 0 Å². The predicted octanol–water partition coefficient (Wildman–Crippen LogP) is 11.7. The second kappa shape index (κ2) is 16.2. The highest BCUT2D eigenvalue weighted by Gasteiger charge is 2.36. The van der Waals surface area contributed by atoms with Crippen molar-refractivity contribution >= 4 is 39.0 Å². The third kappa shape index (κ3) is 7.32. The number of hydrogen-bond acceptors (Lipinski definition) is 5. The zero-order valence-corrected chi connectivity index (χ0v) is 30.8. The first-order valence-corrected chi connectivity index (χ1v) is 18.2. The molecule has 2 atom stereocenters. The predicted molar refractivity (Wildman–Crippen MR) is 210 cm³/mol. The molecule has 0 aliphatic carbocycles. The Balaban J connectivity index is 1.61. The zero-order valence-electron chi connectivity index (χ0n) is 30.8. The van der Waals surface area contributed by atoms with Gasteiger partial charge in [0.1, 0.15) is 25.0 Å². The van der Waals surface area contributed by atoms with Crippen molar-refractivity contribution in [2.45, 2.75) is 65.2 Å². The molecule has 54 heavy (non-hydrogen) atoms. The molecule has 0 saturated carbocycles. The van der Waals surface area contributed by atoms with Crippen molar-refractivity contribution in [2.24, 2.45) is 0 Å². The Bertz CT molecular complexity index is 2220. The summed E-state index contributed by atoms with van der Waals surface area (Å²) in [6.45, 7) is 4.96. The number of halogens is 4. The van der Waals surface area contributed by atoms with E-state index in [-0.39, 0.29) is 11.1 Å². The number of fused-ring (bicyclic) bond motifs is 2. The SMILES string of the molecule is CCCC(=N)c1ccc2nc(C)c(C(CF)C(=O)C(CF)c3c(C)nc4ccc(C(=N)CCC)cc4c3-c3ccc(F)cc3)c(-c3ccc(F)cc3)c2c1. The van der Waals surface area contributed by atoms with Gasteiger partial charge in [0.05, 0.1) is 22.9 Å². The van der Waals surface area contributed by atoms with Crippen molar-refractivity contribution in [3.63, 3.8) is 0 Å². The molecule has 5 nitrogen and oxygen atoms in total. The summed E-state index contributed by atoms with van der Waals surface area (Å²) in [7, 11) is 0. The summed E-state index contributed by atoms with van der Waals surface area (Å²) < 4.78 is 60.0. The minimum atomic E-state index is -1.48. The van der Waals surface area contributed by atoms with Gasteiger partial charge in [-0.3, -0.25) is 14.8 Å². The van der Waals surface area contributed by atoms with E-state index >= 15 is 8.78 Å². The summed E-state index contributed by atoms with van der Waals surface area (Å²) in [6.07, 6.45) is 2.58. The highest BCUT2D eigenvalue weighted by atomic mass is 19.1. The number of carbonyl (C=O) groups is 1. The van der Waals surface area contributed by atoms with E-state index in [0.29, 0.717) is 90.8 Å². The number of ketones is 1. The molecule has 276 valence electrons. The molecule has 0 spiro atoms. The molecule has 0 bridgehead atoms. The molecule has 0 amide bonds. The highest BCUT2D eigenvalue weighted by Crippen LogP contribution is 2.44. The smallest absolute Gasteiger partial charge is 0.153 e. The number of benzene rings is 4. The largest absolute Gasteiger partial charge is 0.305 e. The fourth-order valence-corrected chi connectivity index (χ4v) is 7.51. The maximum absolute atomic E-state index is 15.7. The Kier molecular flexibility index (Phi) is 11.5. The summed E-state index contributed by atoms with van der Waals surface area (Å²) in [5.41, 5.74) is 6.37. The molecule has 0 aliphatic rings. The lowest BCUT2D eigenvalue weighted by Gasteiger charge is -2.27. The molecule has 4 aromatic carbocycles. The van der Waals surface area contributed by atoms with Gasteiger partial charge in [0.15, 0.2) is 5.78 Å². The second-order valence-electron chi connectivity index (χ2n) is 13.7. The van der Waals surface area contributed by atoms with Gasteiger partial charge in [0.2, 0.25) is 0 Å². The Morgan fingerprint density at radius 2 is 0.981 bits per heavy atom. The zero-order chi connectivity index (χ0) is 38.7. The van der Waals surface area contributed by atoms with E-state index < -0.39 is 42.6 Å². The van der Waals surface area contributed by atoms with Crippen molar-refractivity contribution in [1.82, 2.24) is 9.97 Å². The molecule has 2 unspecified atom stereocenters. The molecular formula is C45H42F4N4O. The lowest BCUT2D eigenvalue weighted by Crippen LogP contribution is -2.27. The van der Waals surface area contributed by atoms with Crippen molar-refractivity contribution in [3.05, 3.63) is 130 Å². The second-order valence-corrected chi connectivity index (χ2v) is 13.7. The number of pyridine rings is 2. The van der Waals surface area contributed by atoms with Crippen LogP contribution in [-0.4, -0.2) is 40.5 Å². The van der Waals surface area contributed by atoms with Gasteiger partial charge in [0, 0.05) is 33.6 Å². The van der Waals surface area contributed by atoms with Crippen LogP contribution in [0.5, 0.6) is 0 Å². The summed E-state index contributed by atoms with van der Waals surface area (Å²) in [6, 6.07) is 22.1. The van der Waals surface area contributed by atoms with E-state index in [1.54, 1.807) is 74.5 Å². The molecule has 0 fully saturated rings. The number of rotatable bonds is 14. The molecule has 0 radical (unpaired) electrons. The van der Waals surface area contributed by atoms with Gasteiger partial charge < -0.3 is 10.8 Å². The van der Waals surface area contributed by atoms with Crippen molar-refractivity contribution in [3.8, 4) is 22.3 Å². The van der Waals surface area contributed by atoms with E-state index in [0.717, 1.165) is 12.8 Å². The van der Waals surface area contributed by atoms with E-state index in [1.165, 1.54) is 24.3 Å². The van der Waals surface area contributed by atoms with E-state index in [9.17, 15) is 13.6 Å². The topological polar surface area (TPSA) is 90.6 Å². The molecule has 6 rings (SSSR count). The highest BCUT2D eigenvalue weighted by molar-refractivity contribution is 6.08. The number of nitrogens with one attached hydrogen (secondary N) is 2. The first-order chi connectivity index (χ1) is 26.0. The van der Waals surface area contributed by atoms with Crippen molar-refractivity contribution in [2.75, 3.05) is 13.3 Å². The average molecular weight is 731 g/mol. The van der Waals surface area contributed by atoms with E-state index in [1.807, 2.05) is 13.8 Å². The normalized spacial score (nSPS) is 12.6. The quantitative estimate of drug-likeness (QED) is 0.0863. The van der Waals surface area contributed by atoms with Gasteiger partial charge in [-0.05, 0) is 120 Å². The molecule has 9 heteroatoms. The molecule has 2 heterocycles. The van der Waals surface area contributed by atoms with E-state index in [2.05, 4.69) is 0 Å². The maximum Gasteiger partial charge on any atom is 0.153 e. The Morgan fingerprint density at radius 1 is 0.611 bits per heavy atom. The molecule has 6 aromatic rings. The Hall–Kier alpha value is -5.57. The standard InChI is InChI=1S/C45H42F4N4O/c1-5-7-37(50)29-13-19-39-33(21-29)43(27-9-15-31(48)16-10-27)41(25(3)52-39)35(23-46)45(54)36(24-47)42-26(4)53-40-20-14-30(38(51)8-6-2)22-34(40)44(42)28-11-17-32(49)18-12-28/h9-22,35-36,50-51H,5-8,23-24H2,1-4H3. The van der Waals surface area contributed by atoms with Gasteiger partial charge in [-0.15, -0.1) is 0 Å². The first-order valence-electron chi connectivity index (χ1n) is 18.2. The molecule has 0 saturated heterocycles. The number of carbonyl (C=O) groups excluding carboxylic acids is 1. The third-order valence-electron chi connectivity index (χ3n) is 10.1. The van der Waals surface area contributed by atoms with Crippen LogP contribution in [0.3, 0.4) is 0 Å². The van der Waals surface area contributed by atoms with Crippen LogP contribution in [0.25, 0.3) is 44.1 Å². The summed E-state index contributed by atoms with van der Waals surface area (Å²) in [5.74, 6) is -4.65. The van der Waals surface area contributed by atoms with Gasteiger partial charge in [0.25, 0.3) is 0 Å². The minimum Gasteiger partial charge on any atom is -0.305 e. The number of hydrogen-bond donors (Lipinski definition) is 2. The number of aromatic nitrogens is 2. The van der Waals surface area contributed by atoms with Crippen LogP contribution in [0, 0.1) is 36.3 Å². The first kappa shape index (κ1) is 38.2. The number of Topliss-reactive ketones (excluding diaryl/α,β-unsaturated/α-hetero) is 1. The van der Waals surface area contributed by atoms with Crippen LogP contribution in [-0.2, 0) is 4.79 Å². The fourth-order valence-electron chi connectivity index (χ4n) is 7.51. The van der Waals surface area contributed by atoms with Crippen LogP contribution in [0.4, 0.5) is 17.6 Å².